The molecule has 0 bridgehead atoms. The number of imide groups is 1. The summed E-state index contributed by atoms with van der Waals surface area (Å²) < 4.78 is 10.6. The molecule has 0 atom stereocenters. The molecule has 1 aromatic rings. The van der Waals surface area contributed by atoms with Crippen LogP contribution in [0.15, 0.2) is 18.2 Å². The average Bonchev–Trinajstić information content (AvgIpc) is 3.16. The van der Waals surface area contributed by atoms with Crippen LogP contribution in [0.2, 0.25) is 0 Å². The van der Waals surface area contributed by atoms with Gasteiger partial charge < -0.3 is 9.47 Å². The number of benzene rings is 1. The van der Waals surface area contributed by atoms with Gasteiger partial charge in [-0.15, -0.1) is 0 Å². The molecule has 25 heavy (non-hydrogen) atoms. The van der Waals surface area contributed by atoms with Crippen molar-refractivity contribution in [3.05, 3.63) is 23.8 Å². The highest BCUT2D eigenvalue weighted by Crippen LogP contribution is 2.46. The SMILES string of the molecule is COc1ccc(CN(C)CN2C(=O)CC3(CCCC3)C2=O)cc1OC. The molecular formula is C19H26N2O4. The van der Waals surface area contributed by atoms with Crippen LogP contribution in [0.5, 0.6) is 11.5 Å². The summed E-state index contributed by atoms with van der Waals surface area (Å²) >= 11 is 0. The first-order valence-corrected chi connectivity index (χ1v) is 8.73. The second-order valence-electron chi connectivity index (χ2n) is 7.14. The molecule has 1 spiro atoms. The van der Waals surface area contributed by atoms with Crippen molar-refractivity contribution in [1.82, 2.24) is 9.80 Å². The fourth-order valence-electron chi connectivity index (χ4n) is 4.03. The Hall–Kier alpha value is -2.08. The maximum absolute atomic E-state index is 12.8. The van der Waals surface area contributed by atoms with Gasteiger partial charge in [-0.2, -0.15) is 0 Å². The minimum atomic E-state index is -0.402. The second kappa shape index (κ2) is 7.04. The first-order valence-electron chi connectivity index (χ1n) is 8.73. The lowest BCUT2D eigenvalue weighted by Crippen LogP contribution is -2.41. The van der Waals surface area contributed by atoms with Gasteiger partial charge in [-0.1, -0.05) is 18.9 Å². The molecule has 2 aliphatic rings. The summed E-state index contributed by atoms with van der Waals surface area (Å²) in [6.07, 6.45) is 4.19. The molecule has 6 heteroatoms. The summed E-state index contributed by atoms with van der Waals surface area (Å²) in [7, 11) is 5.12. The van der Waals surface area contributed by atoms with Crippen molar-refractivity contribution in [2.24, 2.45) is 5.41 Å². The van der Waals surface area contributed by atoms with Crippen LogP contribution in [0.4, 0.5) is 0 Å². The Labute approximate surface area is 148 Å². The second-order valence-corrected chi connectivity index (χ2v) is 7.14. The van der Waals surface area contributed by atoms with E-state index in [1.165, 1.54) is 4.90 Å². The van der Waals surface area contributed by atoms with Gasteiger partial charge in [-0.3, -0.25) is 19.4 Å². The Morgan fingerprint density at radius 2 is 1.80 bits per heavy atom. The van der Waals surface area contributed by atoms with Crippen molar-refractivity contribution in [3.8, 4) is 11.5 Å². The van der Waals surface area contributed by atoms with E-state index in [0.717, 1.165) is 31.2 Å². The predicted octanol–water partition coefficient (Wildman–Crippen LogP) is 2.41. The standard InChI is InChI=1S/C19H26N2O4/c1-20(12-14-6-7-15(24-2)16(10-14)25-3)13-21-17(22)11-19(18(21)23)8-4-5-9-19/h6-7,10H,4-5,8-9,11-13H2,1-3H3. The summed E-state index contributed by atoms with van der Waals surface area (Å²) in [4.78, 5) is 28.5. The normalized spacial score (nSPS) is 19.3. The summed E-state index contributed by atoms with van der Waals surface area (Å²) in [5, 5.41) is 0. The van der Waals surface area contributed by atoms with Gasteiger partial charge in [0.2, 0.25) is 11.8 Å². The number of hydrogen-bond donors (Lipinski definition) is 0. The number of amides is 2. The smallest absolute Gasteiger partial charge is 0.237 e. The largest absolute Gasteiger partial charge is 0.493 e. The number of methoxy groups -OCH3 is 2. The van der Waals surface area contributed by atoms with Crippen LogP contribution >= 0.6 is 0 Å². The van der Waals surface area contributed by atoms with Crippen LogP contribution < -0.4 is 9.47 Å². The average molecular weight is 346 g/mol. The number of nitrogens with zero attached hydrogens (tertiary/aromatic N) is 2. The molecule has 0 aromatic heterocycles. The highest BCUT2D eigenvalue weighted by atomic mass is 16.5. The lowest BCUT2D eigenvalue weighted by atomic mass is 9.85. The van der Waals surface area contributed by atoms with E-state index in [0.29, 0.717) is 31.1 Å². The van der Waals surface area contributed by atoms with E-state index in [1.54, 1.807) is 14.2 Å². The highest BCUT2D eigenvalue weighted by molar-refractivity contribution is 6.06. The fourth-order valence-corrected chi connectivity index (χ4v) is 4.03. The minimum Gasteiger partial charge on any atom is -0.493 e. The van der Waals surface area contributed by atoms with Crippen LogP contribution in [0.3, 0.4) is 0 Å². The highest BCUT2D eigenvalue weighted by Gasteiger charge is 2.52. The maximum atomic E-state index is 12.8. The first-order chi connectivity index (χ1) is 12.0. The number of likely N-dealkylation sites (tertiary alicyclic amines) is 1. The Kier molecular flexibility index (Phi) is 4.99. The Morgan fingerprint density at radius 1 is 1.12 bits per heavy atom. The lowest BCUT2D eigenvalue weighted by molar-refractivity contribution is -0.143. The molecule has 0 unspecified atom stereocenters. The molecule has 1 aliphatic heterocycles. The topological polar surface area (TPSA) is 59.1 Å². The van der Waals surface area contributed by atoms with Gasteiger partial charge in [0.15, 0.2) is 11.5 Å². The molecule has 1 aromatic carbocycles. The zero-order valence-electron chi connectivity index (χ0n) is 15.2. The zero-order chi connectivity index (χ0) is 18.0. The van der Waals surface area contributed by atoms with E-state index in [4.69, 9.17) is 9.47 Å². The van der Waals surface area contributed by atoms with Crippen molar-refractivity contribution in [2.75, 3.05) is 27.9 Å². The monoisotopic (exact) mass is 346 g/mol. The van der Waals surface area contributed by atoms with Gasteiger partial charge in [-0.25, -0.2) is 0 Å². The van der Waals surface area contributed by atoms with Gasteiger partial charge in [0, 0.05) is 13.0 Å². The number of carbonyl (C=O) groups is 2. The fraction of sp³-hybridized carbons (Fsp3) is 0.579. The molecule has 3 rings (SSSR count). The van der Waals surface area contributed by atoms with E-state index in [-0.39, 0.29) is 11.8 Å². The molecular weight excluding hydrogens is 320 g/mol. The third kappa shape index (κ3) is 3.35. The molecule has 6 nitrogen and oxygen atoms in total. The first kappa shape index (κ1) is 17.7. The number of ether oxygens (including phenoxy) is 2. The van der Waals surface area contributed by atoms with E-state index in [2.05, 4.69) is 0 Å². The number of hydrogen-bond acceptors (Lipinski definition) is 5. The summed E-state index contributed by atoms with van der Waals surface area (Å²) in [6.45, 7) is 0.943. The van der Waals surface area contributed by atoms with Gasteiger partial charge in [-0.05, 0) is 37.6 Å². The summed E-state index contributed by atoms with van der Waals surface area (Å²) in [6, 6.07) is 5.74. The number of rotatable bonds is 6. The van der Waals surface area contributed by atoms with Crippen molar-refractivity contribution in [2.45, 2.75) is 38.6 Å². The predicted molar refractivity (Wildman–Crippen MR) is 93.3 cm³/mol. The Morgan fingerprint density at radius 3 is 2.44 bits per heavy atom. The van der Waals surface area contributed by atoms with Crippen molar-refractivity contribution < 1.29 is 19.1 Å². The quantitative estimate of drug-likeness (QED) is 0.741. The number of carbonyl (C=O) groups excluding carboxylic acids is 2. The van der Waals surface area contributed by atoms with Crippen LogP contribution in [-0.2, 0) is 16.1 Å². The molecule has 1 saturated heterocycles. The van der Waals surface area contributed by atoms with E-state index in [1.807, 2.05) is 30.1 Å². The molecule has 1 saturated carbocycles. The van der Waals surface area contributed by atoms with E-state index in [9.17, 15) is 9.59 Å². The third-order valence-electron chi connectivity index (χ3n) is 5.33. The Bertz CT molecular complexity index is 667. The molecule has 1 aliphatic carbocycles. The van der Waals surface area contributed by atoms with E-state index >= 15 is 0 Å². The molecule has 2 amide bonds. The zero-order valence-corrected chi connectivity index (χ0v) is 15.2. The molecule has 0 radical (unpaired) electrons. The van der Waals surface area contributed by atoms with E-state index < -0.39 is 5.41 Å². The van der Waals surface area contributed by atoms with Gasteiger partial charge in [0.05, 0.1) is 26.3 Å². The lowest BCUT2D eigenvalue weighted by Gasteiger charge is -2.25. The maximum Gasteiger partial charge on any atom is 0.237 e. The summed E-state index contributed by atoms with van der Waals surface area (Å²) in [5.74, 6) is 1.34. The Balaban J connectivity index is 1.65. The van der Waals surface area contributed by atoms with Crippen LogP contribution in [-0.4, -0.2) is 49.6 Å². The van der Waals surface area contributed by atoms with Crippen LogP contribution in [0.25, 0.3) is 0 Å². The molecule has 136 valence electrons. The molecule has 0 N–H and O–H groups in total. The minimum absolute atomic E-state index is 0.0224. The molecule has 2 fully saturated rings. The van der Waals surface area contributed by atoms with Crippen LogP contribution in [0.1, 0.15) is 37.7 Å². The summed E-state index contributed by atoms with van der Waals surface area (Å²) in [5.41, 5.74) is 0.635. The third-order valence-corrected chi connectivity index (χ3v) is 5.33. The van der Waals surface area contributed by atoms with Gasteiger partial charge in [0.1, 0.15) is 0 Å². The van der Waals surface area contributed by atoms with Gasteiger partial charge in [0.25, 0.3) is 0 Å². The van der Waals surface area contributed by atoms with Crippen molar-refractivity contribution in [3.63, 3.8) is 0 Å². The van der Waals surface area contributed by atoms with Gasteiger partial charge >= 0.3 is 0 Å². The molecule has 1 heterocycles. The van der Waals surface area contributed by atoms with Crippen molar-refractivity contribution in [1.29, 1.82) is 0 Å². The van der Waals surface area contributed by atoms with Crippen molar-refractivity contribution >= 4 is 11.8 Å². The van der Waals surface area contributed by atoms with Crippen LogP contribution in [0, 0.1) is 5.41 Å².